The summed E-state index contributed by atoms with van der Waals surface area (Å²) in [6.45, 7) is 1.83. The van der Waals surface area contributed by atoms with Gasteiger partial charge in [-0.1, -0.05) is 0 Å². The van der Waals surface area contributed by atoms with E-state index in [1.165, 1.54) is 11.4 Å². The van der Waals surface area contributed by atoms with Crippen molar-refractivity contribution in [3.8, 4) is 0 Å². The van der Waals surface area contributed by atoms with Crippen molar-refractivity contribution in [3.63, 3.8) is 0 Å². The van der Waals surface area contributed by atoms with Crippen molar-refractivity contribution in [1.82, 2.24) is 4.31 Å². The summed E-state index contributed by atoms with van der Waals surface area (Å²) in [4.78, 5) is 10.3. The van der Waals surface area contributed by atoms with E-state index in [4.69, 9.17) is 5.11 Å². The molecule has 0 aromatic heterocycles. The van der Waals surface area contributed by atoms with Crippen LogP contribution in [0.3, 0.4) is 0 Å². The average Bonchev–Trinajstić information content (AvgIpc) is 2.22. The predicted octanol–water partition coefficient (Wildman–Crippen LogP) is 0.864. The van der Waals surface area contributed by atoms with Gasteiger partial charge in [0, 0.05) is 13.1 Å². The van der Waals surface area contributed by atoms with Crippen molar-refractivity contribution in [3.05, 3.63) is 0 Å². The smallest absolute Gasteiger partial charge is 0.304 e. The van der Waals surface area contributed by atoms with Gasteiger partial charge in [-0.15, -0.1) is 0 Å². The summed E-state index contributed by atoms with van der Waals surface area (Å²) in [5.74, 6) is -0.531. The van der Waals surface area contributed by atoms with Crippen LogP contribution in [0.1, 0.15) is 19.8 Å². The van der Waals surface area contributed by atoms with E-state index in [9.17, 15) is 13.2 Å². The van der Waals surface area contributed by atoms with Crippen molar-refractivity contribution in [2.45, 2.75) is 25.8 Å². The van der Waals surface area contributed by atoms with Gasteiger partial charge >= 0.3 is 5.97 Å². The topological polar surface area (TPSA) is 74.7 Å². The molecule has 96 valence electrons. The Morgan fingerprint density at radius 3 is 2.50 bits per heavy atom. The Balaban J connectivity index is 4.33. The maximum absolute atomic E-state index is 11.7. The number of sulfonamides is 1. The van der Waals surface area contributed by atoms with Crippen molar-refractivity contribution >= 4 is 27.8 Å². The molecule has 0 aromatic rings. The van der Waals surface area contributed by atoms with Crippen LogP contribution in [0.25, 0.3) is 0 Å². The minimum atomic E-state index is -3.44. The molecule has 0 aliphatic rings. The van der Waals surface area contributed by atoms with E-state index in [0.717, 1.165) is 12.2 Å². The fourth-order valence-electron chi connectivity index (χ4n) is 1.10. The molecule has 16 heavy (non-hydrogen) atoms. The van der Waals surface area contributed by atoms with Crippen molar-refractivity contribution in [2.75, 3.05) is 24.8 Å². The fraction of sp³-hybridized carbons (Fsp3) is 0.889. The van der Waals surface area contributed by atoms with Crippen molar-refractivity contribution in [1.29, 1.82) is 0 Å². The zero-order valence-corrected chi connectivity index (χ0v) is 11.5. The minimum absolute atomic E-state index is 0.0914. The highest BCUT2D eigenvalue weighted by Crippen LogP contribution is 2.11. The van der Waals surface area contributed by atoms with E-state index in [2.05, 4.69) is 0 Å². The zero-order chi connectivity index (χ0) is 12.8. The Morgan fingerprint density at radius 1 is 1.50 bits per heavy atom. The third kappa shape index (κ3) is 5.72. The lowest BCUT2D eigenvalue weighted by Crippen LogP contribution is -2.37. The molecular formula is C9H19NO4S2. The van der Waals surface area contributed by atoms with Gasteiger partial charge in [-0.05, 0) is 25.4 Å². The summed E-state index contributed by atoms with van der Waals surface area (Å²) in [5.41, 5.74) is 0. The van der Waals surface area contributed by atoms with Gasteiger partial charge in [-0.3, -0.25) is 4.79 Å². The Morgan fingerprint density at radius 2 is 2.06 bits per heavy atom. The molecule has 0 aliphatic heterocycles. The SMILES string of the molecule is CSCCC(C)N(C)S(=O)(=O)CCC(=O)O. The molecule has 5 nitrogen and oxygen atoms in total. The van der Waals surface area contributed by atoms with E-state index in [1.807, 2.05) is 13.2 Å². The normalized spacial score (nSPS) is 14.0. The van der Waals surface area contributed by atoms with E-state index < -0.39 is 16.0 Å². The van der Waals surface area contributed by atoms with Crippen LogP contribution in [0.15, 0.2) is 0 Å². The molecule has 0 aliphatic carbocycles. The largest absolute Gasteiger partial charge is 0.481 e. The van der Waals surface area contributed by atoms with Gasteiger partial charge in [-0.2, -0.15) is 11.8 Å². The van der Waals surface area contributed by atoms with Crippen LogP contribution in [0.5, 0.6) is 0 Å². The van der Waals surface area contributed by atoms with E-state index in [0.29, 0.717) is 0 Å². The lowest BCUT2D eigenvalue weighted by molar-refractivity contribution is -0.136. The second-order valence-corrected chi connectivity index (χ2v) is 6.74. The molecule has 0 spiro atoms. The quantitative estimate of drug-likeness (QED) is 0.707. The van der Waals surface area contributed by atoms with Gasteiger partial charge in [0.05, 0.1) is 12.2 Å². The number of hydrogen-bond acceptors (Lipinski definition) is 4. The summed E-state index contributed by atoms with van der Waals surface area (Å²) in [5, 5.41) is 8.45. The van der Waals surface area contributed by atoms with Crippen LogP contribution in [0.2, 0.25) is 0 Å². The number of hydrogen-bond donors (Lipinski definition) is 1. The summed E-state index contributed by atoms with van der Waals surface area (Å²) in [7, 11) is -1.94. The van der Waals surface area contributed by atoms with Gasteiger partial charge in [0.25, 0.3) is 0 Å². The van der Waals surface area contributed by atoms with Crippen LogP contribution in [0, 0.1) is 0 Å². The molecule has 1 N–H and O–H groups in total. The Kier molecular flexibility index (Phi) is 7.01. The van der Waals surface area contributed by atoms with Gasteiger partial charge in [-0.25, -0.2) is 12.7 Å². The third-order valence-corrected chi connectivity index (χ3v) is 4.97. The molecule has 0 saturated carbocycles. The van der Waals surface area contributed by atoms with Crippen LogP contribution >= 0.6 is 11.8 Å². The zero-order valence-electron chi connectivity index (χ0n) is 9.84. The van der Waals surface area contributed by atoms with Crippen LogP contribution in [-0.2, 0) is 14.8 Å². The Labute approximate surface area is 101 Å². The average molecular weight is 269 g/mol. The lowest BCUT2D eigenvalue weighted by atomic mass is 10.3. The Bertz CT molecular complexity index is 315. The first-order valence-corrected chi connectivity index (χ1v) is 7.98. The van der Waals surface area contributed by atoms with Gasteiger partial charge < -0.3 is 5.11 Å². The number of carboxylic acids is 1. The van der Waals surface area contributed by atoms with Crippen LogP contribution in [0.4, 0.5) is 0 Å². The second-order valence-electron chi connectivity index (χ2n) is 3.61. The standard InChI is InChI=1S/C9H19NO4S2/c1-8(4-6-15-3)10(2)16(13,14)7-5-9(11)12/h8H,4-7H2,1-3H3,(H,11,12). The summed E-state index contributed by atoms with van der Waals surface area (Å²) >= 11 is 1.66. The number of rotatable bonds is 8. The van der Waals surface area contributed by atoms with Gasteiger partial charge in [0.15, 0.2) is 0 Å². The Hall–Kier alpha value is -0.270. The minimum Gasteiger partial charge on any atom is -0.481 e. The lowest BCUT2D eigenvalue weighted by Gasteiger charge is -2.23. The second kappa shape index (κ2) is 7.13. The van der Waals surface area contributed by atoms with E-state index in [1.54, 1.807) is 11.8 Å². The molecule has 1 unspecified atom stereocenters. The molecule has 0 fully saturated rings. The maximum Gasteiger partial charge on any atom is 0.304 e. The number of thioether (sulfide) groups is 1. The number of aliphatic carboxylic acids is 1. The molecule has 0 bridgehead atoms. The number of nitrogens with zero attached hydrogens (tertiary/aromatic N) is 1. The monoisotopic (exact) mass is 269 g/mol. The van der Waals surface area contributed by atoms with Crippen LogP contribution < -0.4 is 0 Å². The summed E-state index contributed by atoms with van der Waals surface area (Å²) < 4.78 is 24.7. The molecule has 0 heterocycles. The first-order valence-electron chi connectivity index (χ1n) is 4.97. The molecule has 7 heteroatoms. The molecule has 0 saturated heterocycles. The predicted molar refractivity (Wildman–Crippen MR) is 66.3 cm³/mol. The number of carbonyl (C=O) groups is 1. The molecule has 0 amide bonds. The molecule has 0 aromatic carbocycles. The van der Waals surface area contributed by atoms with Crippen molar-refractivity contribution < 1.29 is 18.3 Å². The van der Waals surface area contributed by atoms with E-state index in [-0.39, 0.29) is 18.2 Å². The first-order chi connectivity index (χ1) is 7.31. The molecule has 0 rings (SSSR count). The maximum atomic E-state index is 11.7. The highest BCUT2D eigenvalue weighted by molar-refractivity contribution is 7.98. The highest BCUT2D eigenvalue weighted by Gasteiger charge is 2.23. The van der Waals surface area contributed by atoms with Gasteiger partial charge in [0.1, 0.15) is 0 Å². The fourth-order valence-corrected chi connectivity index (χ4v) is 3.06. The molecular weight excluding hydrogens is 250 g/mol. The highest BCUT2D eigenvalue weighted by atomic mass is 32.2. The van der Waals surface area contributed by atoms with E-state index >= 15 is 0 Å². The van der Waals surface area contributed by atoms with Crippen molar-refractivity contribution in [2.24, 2.45) is 0 Å². The third-order valence-electron chi connectivity index (χ3n) is 2.37. The first kappa shape index (κ1) is 15.7. The van der Waals surface area contributed by atoms with Gasteiger partial charge in [0.2, 0.25) is 10.0 Å². The molecule has 0 radical (unpaired) electrons. The summed E-state index contributed by atoms with van der Waals surface area (Å²) in [6.07, 6.45) is 2.39. The van der Waals surface area contributed by atoms with Crippen LogP contribution in [-0.4, -0.2) is 54.6 Å². The summed E-state index contributed by atoms with van der Waals surface area (Å²) in [6, 6.07) is -0.0914. The molecule has 1 atom stereocenters. The number of carboxylic acid groups (broad SMARTS) is 1.